The highest BCUT2D eigenvalue weighted by Gasteiger charge is 2.17. The molecule has 20 heavy (non-hydrogen) atoms. The standard InChI is InChI=1S/C17H26O3/c1-19-15-10-14(11-16(12-15)20-2)17(18)9-8-13-6-4-3-5-7-13/h10-13,17-18H,3-9H2,1-2H3. The molecule has 0 bridgehead atoms. The summed E-state index contributed by atoms with van der Waals surface area (Å²) < 4.78 is 10.5. The lowest BCUT2D eigenvalue weighted by molar-refractivity contribution is 0.150. The van der Waals surface area contributed by atoms with Crippen LogP contribution in [-0.2, 0) is 0 Å². The van der Waals surface area contributed by atoms with Crippen molar-refractivity contribution in [1.82, 2.24) is 0 Å². The quantitative estimate of drug-likeness (QED) is 0.851. The monoisotopic (exact) mass is 278 g/mol. The molecule has 1 N–H and O–H groups in total. The molecule has 1 aliphatic carbocycles. The van der Waals surface area contributed by atoms with E-state index in [2.05, 4.69) is 0 Å². The van der Waals surface area contributed by atoms with Gasteiger partial charge >= 0.3 is 0 Å². The molecule has 0 aromatic heterocycles. The van der Waals surface area contributed by atoms with E-state index in [9.17, 15) is 5.11 Å². The van der Waals surface area contributed by atoms with Crippen molar-refractivity contribution in [2.24, 2.45) is 5.92 Å². The molecular formula is C17H26O3. The maximum atomic E-state index is 10.4. The van der Waals surface area contributed by atoms with Gasteiger partial charge < -0.3 is 14.6 Å². The number of hydrogen-bond donors (Lipinski definition) is 1. The molecule has 1 atom stereocenters. The van der Waals surface area contributed by atoms with Crippen molar-refractivity contribution in [3.05, 3.63) is 23.8 Å². The number of hydrogen-bond acceptors (Lipinski definition) is 3. The van der Waals surface area contributed by atoms with Crippen LogP contribution < -0.4 is 9.47 Å². The first-order valence-corrected chi connectivity index (χ1v) is 7.64. The minimum atomic E-state index is -0.430. The minimum Gasteiger partial charge on any atom is -0.497 e. The Morgan fingerprint density at radius 1 is 1.05 bits per heavy atom. The first-order valence-electron chi connectivity index (χ1n) is 7.64. The highest BCUT2D eigenvalue weighted by atomic mass is 16.5. The van der Waals surface area contributed by atoms with Crippen LogP contribution in [0.5, 0.6) is 11.5 Å². The lowest BCUT2D eigenvalue weighted by atomic mass is 9.85. The summed E-state index contributed by atoms with van der Waals surface area (Å²) in [7, 11) is 3.26. The fourth-order valence-electron chi connectivity index (χ4n) is 3.06. The van der Waals surface area contributed by atoms with E-state index in [0.717, 1.165) is 35.8 Å². The Kier molecular flexibility index (Phi) is 5.72. The Bertz CT molecular complexity index is 388. The lowest BCUT2D eigenvalue weighted by Crippen LogP contribution is -2.08. The molecule has 2 rings (SSSR count). The summed E-state index contributed by atoms with van der Waals surface area (Å²) in [6.45, 7) is 0. The van der Waals surface area contributed by atoms with Crippen LogP contribution in [0.2, 0.25) is 0 Å². The van der Waals surface area contributed by atoms with Crippen molar-refractivity contribution in [2.45, 2.75) is 51.0 Å². The van der Waals surface area contributed by atoms with Crippen LogP contribution in [0, 0.1) is 5.92 Å². The Hall–Kier alpha value is -1.22. The summed E-state index contributed by atoms with van der Waals surface area (Å²) in [5.74, 6) is 2.26. The van der Waals surface area contributed by atoms with Gasteiger partial charge in [0.05, 0.1) is 20.3 Å². The van der Waals surface area contributed by atoms with Crippen LogP contribution >= 0.6 is 0 Å². The zero-order chi connectivity index (χ0) is 14.4. The fourth-order valence-corrected chi connectivity index (χ4v) is 3.06. The predicted molar refractivity (Wildman–Crippen MR) is 80.3 cm³/mol. The van der Waals surface area contributed by atoms with Crippen molar-refractivity contribution >= 4 is 0 Å². The second kappa shape index (κ2) is 7.53. The van der Waals surface area contributed by atoms with Gasteiger partial charge in [0.25, 0.3) is 0 Å². The van der Waals surface area contributed by atoms with E-state index in [4.69, 9.17) is 9.47 Å². The van der Waals surface area contributed by atoms with Gasteiger partial charge in [-0.15, -0.1) is 0 Å². The van der Waals surface area contributed by atoms with Crippen LogP contribution in [0.15, 0.2) is 18.2 Å². The summed E-state index contributed by atoms with van der Waals surface area (Å²) in [5, 5.41) is 10.4. The molecule has 3 nitrogen and oxygen atoms in total. The summed E-state index contributed by atoms with van der Waals surface area (Å²) in [6.07, 6.45) is 8.25. The third-order valence-electron chi connectivity index (χ3n) is 4.33. The van der Waals surface area contributed by atoms with E-state index in [0.29, 0.717) is 0 Å². The third kappa shape index (κ3) is 4.14. The predicted octanol–water partition coefficient (Wildman–Crippen LogP) is 4.10. The maximum Gasteiger partial charge on any atom is 0.122 e. The average Bonchev–Trinajstić information content (AvgIpc) is 2.52. The molecule has 0 amide bonds. The van der Waals surface area contributed by atoms with E-state index in [-0.39, 0.29) is 0 Å². The topological polar surface area (TPSA) is 38.7 Å². The van der Waals surface area contributed by atoms with Crippen molar-refractivity contribution in [3.63, 3.8) is 0 Å². The van der Waals surface area contributed by atoms with Gasteiger partial charge in [-0.05, 0) is 36.5 Å². The van der Waals surface area contributed by atoms with Crippen molar-refractivity contribution < 1.29 is 14.6 Å². The van der Waals surface area contributed by atoms with E-state index in [1.165, 1.54) is 32.1 Å². The molecule has 0 aliphatic heterocycles. The second-order valence-electron chi connectivity index (χ2n) is 5.74. The smallest absolute Gasteiger partial charge is 0.122 e. The highest BCUT2D eigenvalue weighted by Crippen LogP contribution is 2.32. The van der Waals surface area contributed by atoms with E-state index in [1.54, 1.807) is 14.2 Å². The Morgan fingerprint density at radius 3 is 2.20 bits per heavy atom. The number of rotatable bonds is 6. The molecule has 0 spiro atoms. The number of aliphatic hydroxyl groups excluding tert-OH is 1. The van der Waals surface area contributed by atoms with Gasteiger partial charge in [-0.2, -0.15) is 0 Å². The minimum absolute atomic E-state index is 0.430. The first kappa shape index (κ1) is 15.2. The molecular weight excluding hydrogens is 252 g/mol. The first-order chi connectivity index (χ1) is 9.72. The molecule has 0 radical (unpaired) electrons. The SMILES string of the molecule is COc1cc(OC)cc(C(O)CCC2CCCCC2)c1. The summed E-state index contributed by atoms with van der Waals surface area (Å²) in [6, 6.07) is 5.62. The third-order valence-corrected chi connectivity index (χ3v) is 4.33. The molecule has 0 saturated heterocycles. The van der Waals surface area contributed by atoms with Crippen LogP contribution in [0.4, 0.5) is 0 Å². The Labute approximate surface area is 121 Å². The fraction of sp³-hybridized carbons (Fsp3) is 0.647. The van der Waals surface area contributed by atoms with Gasteiger partial charge in [0.2, 0.25) is 0 Å². The molecule has 1 fully saturated rings. The average molecular weight is 278 g/mol. The van der Waals surface area contributed by atoms with E-state index < -0.39 is 6.10 Å². The van der Waals surface area contributed by atoms with Gasteiger partial charge in [-0.1, -0.05) is 32.1 Å². The van der Waals surface area contributed by atoms with Gasteiger partial charge in [-0.3, -0.25) is 0 Å². The Balaban J connectivity index is 1.95. The molecule has 0 heterocycles. The molecule has 1 aromatic rings. The lowest BCUT2D eigenvalue weighted by Gasteiger charge is -2.23. The largest absolute Gasteiger partial charge is 0.497 e. The molecule has 1 aromatic carbocycles. The summed E-state index contributed by atoms with van der Waals surface area (Å²) in [5.41, 5.74) is 0.886. The van der Waals surface area contributed by atoms with Crippen LogP contribution in [-0.4, -0.2) is 19.3 Å². The van der Waals surface area contributed by atoms with E-state index >= 15 is 0 Å². The molecule has 3 heteroatoms. The van der Waals surface area contributed by atoms with Gasteiger partial charge in [-0.25, -0.2) is 0 Å². The number of benzene rings is 1. The van der Waals surface area contributed by atoms with Crippen LogP contribution in [0.1, 0.15) is 56.6 Å². The highest BCUT2D eigenvalue weighted by molar-refractivity contribution is 5.39. The van der Waals surface area contributed by atoms with Gasteiger partial charge in [0.15, 0.2) is 0 Å². The zero-order valence-electron chi connectivity index (χ0n) is 12.6. The van der Waals surface area contributed by atoms with Crippen LogP contribution in [0.25, 0.3) is 0 Å². The number of aliphatic hydroxyl groups is 1. The molecule has 1 aliphatic rings. The Morgan fingerprint density at radius 2 is 1.65 bits per heavy atom. The number of methoxy groups -OCH3 is 2. The second-order valence-corrected chi connectivity index (χ2v) is 5.74. The summed E-state index contributed by atoms with van der Waals surface area (Å²) >= 11 is 0. The van der Waals surface area contributed by atoms with Gasteiger partial charge in [0.1, 0.15) is 11.5 Å². The van der Waals surface area contributed by atoms with E-state index in [1.807, 2.05) is 18.2 Å². The van der Waals surface area contributed by atoms with Crippen molar-refractivity contribution in [3.8, 4) is 11.5 Å². The van der Waals surface area contributed by atoms with Crippen LogP contribution in [0.3, 0.4) is 0 Å². The van der Waals surface area contributed by atoms with Crippen molar-refractivity contribution in [1.29, 1.82) is 0 Å². The molecule has 112 valence electrons. The molecule has 1 unspecified atom stereocenters. The van der Waals surface area contributed by atoms with Crippen molar-refractivity contribution in [2.75, 3.05) is 14.2 Å². The van der Waals surface area contributed by atoms with Gasteiger partial charge in [0, 0.05) is 6.07 Å². The normalized spacial score (nSPS) is 17.8. The maximum absolute atomic E-state index is 10.4. The zero-order valence-corrected chi connectivity index (χ0v) is 12.6. The summed E-state index contributed by atoms with van der Waals surface area (Å²) in [4.78, 5) is 0. The molecule has 1 saturated carbocycles. The number of ether oxygens (including phenoxy) is 2.